The Kier molecular flexibility index (Phi) is 8.50. The van der Waals surface area contributed by atoms with Gasteiger partial charge in [-0.05, 0) is 87.0 Å². The minimum absolute atomic E-state index is 0.00684. The Balaban J connectivity index is 1.43. The molecule has 0 aromatic heterocycles. The third kappa shape index (κ3) is 5.61. The summed E-state index contributed by atoms with van der Waals surface area (Å²) in [4.78, 5) is 26.4. The first-order valence-corrected chi connectivity index (χ1v) is 14.2. The number of ether oxygens (including phenoxy) is 1. The van der Waals surface area contributed by atoms with E-state index in [1.54, 1.807) is 24.3 Å². The maximum absolute atomic E-state index is 13.4. The SMILES string of the molecule is CCCOc1ccc(C(=O)N[C@H](C(=O)N[C@@H](CC(C)C)B2O[C@@H]3C[C@@H]4C[C@@H](C4(C)C)[C@]3(C)O2)[C@@H](C)O)cc1. The van der Waals surface area contributed by atoms with Crippen LogP contribution >= 0.6 is 0 Å². The van der Waals surface area contributed by atoms with E-state index in [1.807, 2.05) is 6.92 Å². The van der Waals surface area contributed by atoms with Crippen molar-refractivity contribution >= 4 is 18.9 Å². The smallest absolute Gasteiger partial charge is 0.481 e. The van der Waals surface area contributed by atoms with Crippen molar-refractivity contribution in [3.05, 3.63) is 29.8 Å². The highest BCUT2D eigenvalue weighted by molar-refractivity contribution is 6.48. The van der Waals surface area contributed by atoms with E-state index >= 15 is 0 Å². The van der Waals surface area contributed by atoms with Gasteiger partial charge in [-0.3, -0.25) is 9.59 Å². The van der Waals surface area contributed by atoms with Gasteiger partial charge in [0.2, 0.25) is 5.91 Å². The average molecular weight is 528 g/mol. The number of aliphatic hydroxyl groups excluding tert-OH is 1. The first kappa shape index (κ1) is 28.9. The Labute approximate surface area is 227 Å². The Morgan fingerprint density at radius 3 is 2.39 bits per heavy atom. The van der Waals surface area contributed by atoms with E-state index in [0.717, 1.165) is 19.3 Å². The fourth-order valence-electron chi connectivity index (χ4n) is 6.64. The summed E-state index contributed by atoms with van der Waals surface area (Å²) in [6, 6.07) is 5.62. The molecule has 9 heteroatoms. The van der Waals surface area contributed by atoms with Gasteiger partial charge in [-0.1, -0.05) is 34.6 Å². The number of hydrogen-bond donors (Lipinski definition) is 3. The molecule has 4 fully saturated rings. The number of nitrogens with one attached hydrogen (secondary N) is 2. The fourth-order valence-corrected chi connectivity index (χ4v) is 6.64. The molecule has 3 saturated carbocycles. The highest BCUT2D eigenvalue weighted by Crippen LogP contribution is 2.65. The summed E-state index contributed by atoms with van der Waals surface area (Å²) in [6.07, 6.45) is 2.57. The first-order chi connectivity index (χ1) is 17.9. The van der Waals surface area contributed by atoms with Crippen LogP contribution in [0.25, 0.3) is 0 Å². The van der Waals surface area contributed by atoms with Crippen LogP contribution in [0.5, 0.6) is 5.75 Å². The zero-order valence-corrected chi connectivity index (χ0v) is 24.0. The molecule has 1 aliphatic heterocycles. The van der Waals surface area contributed by atoms with Crippen LogP contribution in [0.15, 0.2) is 24.3 Å². The lowest BCUT2D eigenvalue weighted by atomic mass is 9.43. The Morgan fingerprint density at radius 1 is 1.13 bits per heavy atom. The predicted octanol–water partition coefficient (Wildman–Crippen LogP) is 3.75. The average Bonchev–Trinajstić information content (AvgIpc) is 3.22. The van der Waals surface area contributed by atoms with Crippen LogP contribution in [-0.4, -0.2) is 60.4 Å². The van der Waals surface area contributed by atoms with Gasteiger partial charge in [-0.15, -0.1) is 0 Å². The second-order valence-electron chi connectivity index (χ2n) is 12.6. The van der Waals surface area contributed by atoms with Crippen LogP contribution in [0, 0.1) is 23.2 Å². The molecule has 1 aromatic rings. The van der Waals surface area contributed by atoms with Gasteiger partial charge in [-0.25, -0.2) is 0 Å². The predicted molar refractivity (Wildman–Crippen MR) is 147 cm³/mol. The number of amides is 2. The molecule has 1 aromatic carbocycles. The molecule has 4 aliphatic rings. The molecule has 3 N–H and O–H groups in total. The zero-order chi connectivity index (χ0) is 27.8. The van der Waals surface area contributed by atoms with Crippen molar-refractivity contribution < 1.29 is 28.7 Å². The molecule has 5 rings (SSSR count). The summed E-state index contributed by atoms with van der Waals surface area (Å²) in [7, 11) is -0.576. The molecule has 1 heterocycles. The van der Waals surface area contributed by atoms with E-state index in [4.69, 9.17) is 14.0 Å². The monoisotopic (exact) mass is 528 g/mol. The van der Waals surface area contributed by atoms with Gasteiger partial charge >= 0.3 is 7.12 Å². The van der Waals surface area contributed by atoms with Crippen molar-refractivity contribution in [3.63, 3.8) is 0 Å². The standard InChI is InChI=1S/C29H45BN2O6/c1-8-13-36-21-11-9-19(10-12-21)26(34)32-25(18(4)33)27(35)31-24(14-17(2)3)30-37-23-16-20-15-22(28(20,5)6)29(23,7)38-30/h9-12,17-18,20,22-25,33H,8,13-16H2,1-7H3,(H,31,35)(H,32,34)/t18-,20+,22+,23-,24+,25+,29+/m1/s1. The molecule has 2 amide bonds. The topological polar surface area (TPSA) is 106 Å². The van der Waals surface area contributed by atoms with Crippen molar-refractivity contribution in [3.8, 4) is 5.75 Å². The van der Waals surface area contributed by atoms with Crippen molar-refractivity contribution in [1.82, 2.24) is 10.6 Å². The van der Waals surface area contributed by atoms with Crippen LogP contribution in [0.1, 0.15) is 84.5 Å². The van der Waals surface area contributed by atoms with E-state index in [9.17, 15) is 14.7 Å². The lowest BCUT2D eigenvalue weighted by Crippen LogP contribution is -2.65. The number of rotatable bonds is 11. The Hall–Kier alpha value is -2.10. The summed E-state index contributed by atoms with van der Waals surface area (Å²) in [6.45, 7) is 15.1. The molecular formula is C29H45BN2O6. The lowest BCUT2D eigenvalue weighted by molar-refractivity contribution is -0.199. The molecule has 8 nitrogen and oxygen atoms in total. The van der Waals surface area contributed by atoms with E-state index in [-0.39, 0.29) is 23.0 Å². The summed E-state index contributed by atoms with van der Waals surface area (Å²) in [5.41, 5.74) is 0.225. The molecule has 1 saturated heterocycles. The largest absolute Gasteiger partial charge is 0.494 e. The maximum atomic E-state index is 13.4. The Morgan fingerprint density at radius 2 is 1.82 bits per heavy atom. The molecule has 0 spiro atoms. The van der Waals surface area contributed by atoms with Gasteiger partial charge in [0, 0.05) is 5.56 Å². The van der Waals surface area contributed by atoms with Gasteiger partial charge < -0.3 is 29.8 Å². The van der Waals surface area contributed by atoms with Crippen LogP contribution in [0.2, 0.25) is 0 Å². The summed E-state index contributed by atoms with van der Waals surface area (Å²) in [5, 5.41) is 16.2. The minimum atomic E-state index is -1.13. The Bertz CT molecular complexity index is 999. The highest BCUT2D eigenvalue weighted by atomic mass is 16.7. The van der Waals surface area contributed by atoms with Crippen molar-refractivity contribution in [2.75, 3.05) is 6.61 Å². The van der Waals surface area contributed by atoms with Crippen LogP contribution < -0.4 is 15.4 Å². The third-order valence-corrected chi connectivity index (χ3v) is 8.99. The molecule has 0 unspecified atom stereocenters. The lowest BCUT2D eigenvalue weighted by Gasteiger charge is -2.64. The van der Waals surface area contributed by atoms with Crippen LogP contribution in [0.4, 0.5) is 0 Å². The zero-order valence-electron chi connectivity index (χ0n) is 24.0. The highest BCUT2D eigenvalue weighted by Gasteiger charge is 2.68. The second kappa shape index (κ2) is 11.2. The van der Waals surface area contributed by atoms with Gasteiger partial charge in [-0.2, -0.15) is 0 Å². The van der Waals surface area contributed by atoms with Crippen molar-refractivity contribution in [1.29, 1.82) is 0 Å². The maximum Gasteiger partial charge on any atom is 0.481 e. The van der Waals surface area contributed by atoms with Crippen LogP contribution in [-0.2, 0) is 14.1 Å². The molecular weight excluding hydrogens is 483 g/mol. The van der Waals surface area contributed by atoms with E-state index in [2.05, 4.69) is 45.3 Å². The molecule has 2 bridgehead atoms. The van der Waals surface area contributed by atoms with Gasteiger partial charge in [0.15, 0.2) is 0 Å². The quantitative estimate of drug-likeness (QED) is 0.378. The van der Waals surface area contributed by atoms with Crippen LogP contribution in [0.3, 0.4) is 0 Å². The number of benzene rings is 1. The molecule has 0 radical (unpaired) electrons. The van der Waals surface area contributed by atoms with E-state index in [1.165, 1.54) is 6.92 Å². The number of carbonyl (C=O) groups excluding carboxylic acids is 2. The summed E-state index contributed by atoms with van der Waals surface area (Å²) < 4.78 is 18.7. The summed E-state index contributed by atoms with van der Waals surface area (Å²) >= 11 is 0. The molecule has 7 atom stereocenters. The van der Waals surface area contributed by atoms with E-state index < -0.39 is 37.0 Å². The number of hydrogen-bond acceptors (Lipinski definition) is 6. The number of carbonyl (C=O) groups is 2. The fraction of sp³-hybridized carbons (Fsp3) is 0.724. The molecule has 210 valence electrons. The van der Waals surface area contributed by atoms with Crippen molar-refractivity contribution in [2.24, 2.45) is 23.2 Å². The van der Waals surface area contributed by atoms with E-state index in [0.29, 0.717) is 36.2 Å². The number of aliphatic hydroxyl groups is 1. The normalized spacial score (nSPS) is 29.6. The molecule has 3 aliphatic carbocycles. The van der Waals surface area contributed by atoms with Crippen molar-refractivity contribution in [2.45, 2.75) is 104 Å². The van der Waals surface area contributed by atoms with Gasteiger partial charge in [0.25, 0.3) is 5.91 Å². The minimum Gasteiger partial charge on any atom is -0.494 e. The summed E-state index contributed by atoms with van der Waals surface area (Å²) in [5.74, 6) is 0.702. The third-order valence-electron chi connectivity index (χ3n) is 8.99. The first-order valence-electron chi connectivity index (χ1n) is 14.2. The second-order valence-corrected chi connectivity index (χ2v) is 12.6. The molecule has 38 heavy (non-hydrogen) atoms. The van der Waals surface area contributed by atoms with Gasteiger partial charge in [0.1, 0.15) is 11.8 Å². The van der Waals surface area contributed by atoms with Gasteiger partial charge in [0.05, 0.1) is 30.4 Å².